The molecule has 0 aliphatic heterocycles. The van der Waals surface area contributed by atoms with Crippen molar-refractivity contribution in [1.29, 1.82) is 0 Å². The number of ether oxygens (including phenoxy) is 2. The molecule has 5 nitrogen and oxygen atoms in total. The summed E-state index contributed by atoms with van der Waals surface area (Å²) in [5.41, 5.74) is -0.252. The second-order valence-corrected chi connectivity index (χ2v) is 6.59. The van der Waals surface area contributed by atoms with Crippen LogP contribution in [0.3, 0.4) is 0 Å². The van der Waals surface area contributed by atoms with Crippen LogP contribution in [-0.2, 0) is 11.0 Å². The summed E-state index contributed by atoms with van der Waals surface area (Å²) in [5, 5.41) is 2.44. The quantitative estimate of drug-likeness (QED) is 0.747. The van der Waals surface area contributed by atoms with Crippen LogP contribution in [0.5, 0.6) is 17.2 Å². The Balaban J connectivity index is 2.00. The summed E-state index contributed by atoms with van der Waals surface area (Å²) < 4.78 is 50.6. The van der Waals surface area contributed by atoms with Crippen LogP contribution < -0.4 is 14.8 Å². The van der Waals surface area contributed by atoms with Crippen molar-refractivity contribution in [3.8, 4) is 17.2 Å². The molecule has 1 aliphatic carbocycles. The number of hydrogen-bond acceptors (Lipinski definition) is 4. The standard InChI is InChI=1S/C22H18F3NO4/c1-13-6-8-19(20(10-13)29-2)30-18-9-7-14(22(23,24)25)11-17(18)21(28)26-15-4-3-5-16(27)12-15/h3-4,6-12H,5H2,1-2H3,(H,26,28). The highest BCUT2D eigenvalue weighted by molar-refractivity contribution is 6.00. The van der Waals surface area contributed by atoms with Crippen molar-refractivity contribution in [2.75, 3.05) is 7.11 Å². The molecule has 0 saturated carbocycles. The molecule has 1 N–H and O–H groups in total. The lowest BCUT2D eigenvalue weighted by atomic mass is 10.1. The Bertz CT molecular complexity index is 1050. The molecule has 0 aromatic heterocycles. The predicted molar refractivity (Wildman–Crippen MR) is 104 cm³/mol. The van der Waals surface area contributed by atoms with Crippen LogP contribution in [0.1, 0.15) is 27.9 Å². The number of allylic oxidation sites excluding steroid dienone is 3. The molecule has 1 aliphatic rings. The number of benzene rings is 2. The molecular weight excluding hydrogens is 399 g/mol. The van der Waals surface area contributed by atoms with Crippen molar-refractivity contribution in [1.82, 2.24) is 5.32 Å². The van der Waals surface area contributed by atoms with Gasteiger partial charge in [-0.05, 0) is 48.9 Å². The van der Waals surface area contributed by atoms with E-state index in [1.165, 1.54) is 19.3 Å². The van der Waals surface area contributed by atoms with Gasteiger partial charge >= 0.3 is 6.18 Å². The Morgan fingerprint density at radius 3 is 2.47 bits per heavy atom. The van der Waals surface area contributed by atoms with Gasteiger partial charge in [0.25, 0.3) is 5.91 Å². The number of carbonyl (C=O) groups is 2. The maximum Gasteiger partial charge on any atom is 0.416 e. The lowest BCUT2D eigenvalue weighted by molar-refractivity contribution is -0.137. The van der Waals surface area contributed by atoms with Gasteiger partial charge in [0.05, 0.1) is 18.2 Å². The SMILES string of the molecule is COc1cc(C)ccc1Oc1ccc(C(F)(F)F)cc1C(=O)NC1=CC(=O)CC=C1. The first-order valence-electron chi connectivity index (χ1n) is 8.93. The molecule has 0 radical (unpaired) electrons. The van der Waals surface area contributed by atoms with E-state index in [2.05, 4.69) is 5.32 Å². The zero-order valence-corrected chi connectivity index (χ0v) is 16.2. The van der Waals surface area contributed by atoms with Gasteiger partial charge in [0, 0.05) is 18.2 Å². The third-order valence-corrected chi connectivity index (χ3v) is 4.28. The van der Waals surface area contributed by atoms with E-state index in [0.717, 1.165) is 17.7 Å². The number of methoxy groups -OCH3 is 1. The first-order valence-corrected chi connectivity index (χ1v) is 8.93. The molecule has 0 saturated heterocycles. The highest BCUT2D eigenvalue weighted by Gasteiger charge is 2.32. The number of nitrogens with one attached hydrogen (secondary N) is 1. The predicted octanol–water partition coefficient (Wildman–Crippen LogP) is 4.96. The van der Waals surface area contributed by atoms with Crippen LogP contribution in [0.2, 0.25) is 0 Å². The lowest BCUT2D eigenvalue weighted by Gasteiger charge is -2.16. The Morgan fingerprint density at radius 1 is 1.07 bits per heavy atom. The summed E-state index contributed by atoms with van der Waals surface area (Å²) in [7, 11) is 1.43. The molecule has 0 bridgehead atoms. The van der Waals surface area contributed by atoms with Gasteiger partial charge < -0.3 is 14.8 Å². The molecule has 2 aromatic carbocycles. The van der Waals surface area contributed by atoms with Crippen LogP contribution >= 0.6 is 0 Å². The number of halogens is 3. The summed E-state index contributed by atoms with van der Waals surface area (Å²) in [6.45, 7) is 1.84. The lowest BCUT2D eigenvalue weighted by Crippen LogP contribution is -2.24. The summed E-state index contributed by atoms with van der Waals surface area (Å²) in [6.07, 6.45) is -0.163. The molecular formula is C22H18F3NO4. The van der Waals surface area contributed by atoms with E-state index in [-0.39, 0.29) is 35.0 Å². The fraction of sp³-hybridized carbons (Fsp3) is 0.182. The van der Waals surface area contributed by atoms with Crippen LogP contribution in [0, 0.1) is 6.92 Å². The summed E-state index contributed by atoms with van der Waals surface area (Å²) in [4.78, 5) is 24.3. The normalized spacial score (nSPS) is 13.6. The van der Waals surface area contributed by atoms with Crippen molar-refractivity contribution in [2.24, 2.45) is 0 Å². The van der Waals surface area contributed by atoms with E-state index >= 15 is 0 Å². The number of hydrogen-bond donors (Lipinski definition) is 1. The van der Waals surface area contributed by atoms with E-state index in [0.29, 0.717) is 11.8 Å². The molecule has 0 atom stereocenters. The zero-order chi connectivity index (χ0) is 21.9. The van der Waals surface area contributed by atoms with Crippen LogP contribution in [0.25, 0.3) is 0 Å². The van der Waals surface area contributed by atoms with E-state index in [1.54, 1.807) is 24.3 Å². The minimum absolute atomic E-state index is 0.0885. The number of rotatable bonds is 5. The highest BCUT2D eigenvalue weighted by Crippen LogP contribution is 2.37. The Kier molecular flexibility index (Phi) is 5.96. The number of amides is 1. The zero-order valence-electron chi connectivity index (χ0n) is 16.2. The van der Waals surface area contributed by atoms with E-state index in [4.69, 9.17) is 9.47 Å². The number of alkyl halides is 3. The molecule has 30 heavy (non-hydrogen) atoms. The average molecular weight is 417 g/mol. The molecule has 0 heterocycles. The molecule has 2 aromatic rings. The van der Waals surface area contributed by atoms with E-state index < -0.39 is 17.6 Å². The number of ketones is 1. The molecule has 0 unspecified atom stereocenters. The summed E-state index contributed by atoms with van der Waals surface area (Å²) in [5.74, 6) is -0.548. The van der Waals surface area contributed by atoms with Crippen molar-refractivity contribution in [2.45, 2.75) is 19.5 Å². The van der Waals surface area contributed by atoms with Crippen LogP contribution in [-0.4, -0.2) is 18.8 Å². The van der Waals surface area contributed by atoms with Crippen molar-refractivity contribution in [3.63, 3.8) is 0 Å². The molecule has 0 fully saturated rings. The first kappa shape index (κ1) is 21.2. The van der Waals surface area contributed by atoms with Gasteiger partial charge in [-0.25, -0.2) is 0 Å². The molecule has 156 valence electrons. The summed E-state index contributed by atoms with van der Waals surface area (Å²) in [6, 6.07) is 7.65. The minimum atomic E-state index is -4.64. The second-order valence-electron chi connectivity index (χ2n) is 6.59. The third kappa shape index (κ3) is 4.89. The second kappa shape index (κ2) is 8.44. The van der Waals surface area contributed by atoms with E-state index in [1.807, 2.05) is 6.92 Å². The van der Waals surface area contributed by atoms with E-state index in [9.17, 15) is 22.8 Å². The van der Waals surface area contributed by atoms with Gasteiger partial charge in [0.1, 0.15) is 5.75 Å². The number of aryl methyl sites for hydroxylation is 1. The first-order chi connectivity index (χ1) is 14.2. The van der Waals surface area contributed by atoms with Gasteiger partial charge in [-0.1, -0.05) is 12.1 Å². The fourth-order valence-electron chi connectivity index (χ4n) is 2.81. The summed E-state index contributed by atoms with van der Waals surface area (Å²) >= 11 is 0. The maximum atomic E-state index is 13.2. The van der Waals surface area contributed by atoms with Crippen molar-refractivity contribution >= 4 is 11.7 Å². The van der Waals surface area contributed by atoms with Crippen LogP contribution in [0.15, 0.2) is 60.3 Å². The Labute approximate surface area is 170 Å². The fourth-order valence-corrected chi connectivity index (χ4v) is 2.81. The van der Waals surface area contributed by atoms with Crippen molar-refractivity contribution < 1.29 is 32.2 Å². The third-order valence-electron chi connectivity index (χ3n) is 4.28. The number of carbonyl (C=O) groups excluding carboxylic acids is 2. The molecule has 0 spiro atoms. The van der Waals surface area contributed by atoms with Gasteiger partial charge in [-0.3, -0.25) is 9.59 Å². The Hall–Kier alpha value is -3.55. The van der Waals surface area contributed by atoms with Gasteiger partial charge in [0.2, 0.25) is 0 Å². The molecule has 8 heteroatoms. The average Bonchev–Trinajstić information content (AvgIpc) is 2.68. The monoisotopic (exact) mass is 417 g/mol. The largest absolute Gasteiger partial charge is 0.493 e. The molecule has 1 amide bonds. The van der Waals surface area contributed by atoms with Gasteiger partial charge in [-0.2, -0.15) is 13.2 Å². The van der Waals surface area contributed by atoms with Crippen molar-refractivity contribution in [3.05, 3.63) is 77.0 Å². The molecule has 3 rings (SSSR count). The van der Waals surface area contributed by atoms with Gasteiger partial charge in [0.15, 0.2) is 17.3 Å². The minimum Gasteiger partial charge on any atom is -0.493 e. The smallest absolute Gasteiger partial charge is 0.416 e. The Morgan fingerprint density at radius 2 is 1.80 bits per heavy atom. The van der Waals surface area contributed by atoms with Gasteiger partial charge in [-0.15, -0.1) is 0 Å². The highest BCUT2D eigenvalue weighted by atomic mass is 19.4. The maximum absolute atomic E-state index is 13.2. The topological polar surface area (TPSA) is 64.6 Å². The van der Waals surface area contributed by atoms with Crippen LogP contribution in [0.4, 0.5) is 13.2 Å².